The summed E-state index contributed by atoms with van der Waals surface area (Å²) in [6.07, 6.45) is 0.770. The highest BCUT2D eigenvalue weighted by molar-refractivity contribution is 5.91. The van der Waals surface area contributed by atoms with Crippen LogP contribution < -0.4 is 5.32 Å². The van der Waals surface area contributed by atoms with Gasteiger partial charge < -0.3 is 19.4 Å². The highest BCUT2D eigenvalue weighted by Crippen LogP contribution is 2.08. The maximum atomic E-state index is 11.5. The molecule has 1 aromatic rings. The topological polar surface area (TPSA) is 71.8 Å². The van der Waals surface area contributed by atoms with Crippen molar-refractivity contribution in [3.63, 3.8) is 0 Å². The van der Waals surface area contributed by atoms with E-state index in [1.165, 1.54) is 11.2 Å². The third-order valence-corrected chi connectivity index (χ3v) is 2.29. The largest absolute Gasteiger partial charge is 0.459 e. The maximum Gasteiger partial charge on any atom is 0.410 e. The number of ether oxygens (including phenoxy) is 1. The molecule has 1 aliphatic heterocycles. The van der Waals surface area contributed by atoms with Gasteiger partial charge in [-0.25, -0.2) is 4.79 Å². The predicted molar refractivity (Wildman–Crippen MR) is 53.9 cm³/mol. The van der Waals surface area contributed by atoms with Gasteiger partial charge in [0.15, 0.2) is 5.76 Å². The lowest BCUT2D eigenvalue weighted by atomic mass is 10.3. The highest BCUT2D eigenvalue weighted by atomic mass is 16.6. The first-order valence-electron chi connectivity index (χ1n) is 4.90. The first-order valence-corrected chi connectivity index (χ1v) is 4.90. The summed E-state index contributed by atoms with van der Waals surface area (Å²) in [5.41, 5.74) is 0. The molecule has 0 saturated carbocycles. The number of nitrogens with zero attached hydrogens (tertiary/aromatic N) is 1. The second-order valence-corrected chi connectivity index (χ2v) is 3.57. The molecule has 0 aliphatic carbocycles. The molecule has 2 rings (SSSR count). The molecule has 1 fully saturated rings. The van der Waals surface area contributed by atoms with Crippen molar-refractivity contribution in [2.45, 2.75) is 6.10 Å². The Morgan fingerprint density at radius 3 is 3.06 bits per heavy atom. The van der Waals surface area contributed by atoms with Gasteiger partial charge in [-0.2, -0.15) is 0 Å². The number of amides is 2. The molecule has 16 heavy (non-hydrogen) atoms. The fraction of sp³-hybridized carbons (Fsp3) is 0.400. The zero-order chi connectivity index (χ0) is 11.5. The molecule has 1 unspecified atom stereocenters. The third-order valence-electron chi connectivity index (χ3n) is 2.29. The summed E-state index contributed by atoms with van der Waals surface area (Å²) in [6.45, 7) is 0.771. The molecule has 0 bridgehead atoms. The molecule has 1 saturated heterocycles. The van der Waals surface area contributed by atoms with Crippen LogP contribution in [0.25, 0.3) is 0 Å². The molecule has 0 aromatic carbocycles. The van der Waals surface area contributed by atoms with Crippen molar-refractivity contribution >= 4 is 12.0 Å². The molecule has 0 radical (unpaired) electrons. The maximum absolute atomic E-state index is 11.5. The van der Waals surface area contributed by atoms with Gasteiger partial charge >= 0.3 is 6.09 Å². The molecule has 1 atom stereocenters. The molecular formula is C10H12N2O4. The first kappa shape index (κ1) is 10.5. The third kappa shape index (κ3) is 2.16. The highest BCUT2D eigenvalue weighted by Gasteiger charge is 2.28. The Balaban J connectivity index is 1.80. The number of carbonyl (C=O) groups is 2. The molecule has 86 valence electrons. The molecule has 0 spiro atoms. The SMILES string of the molecule is CN1CC(CNC(=O)c2ccco2)OC1=O. The standard InChI is InChI=1S/C10H12N2O4/c1-12-6-7(16-10(12)14)5-11-9(13)8-3-2-4-15-8/h2-4,7H,5-6H2,1H3,(H,11,13). The normalized spacial score (nSPS) is 19.7. The van der Waals surface area contributed by atoms with E-state index in [0.29, 0.717) is 6.54 Å². The molecular weight excluding hydrogens is 212 g/mol. The van der Waals surface area contributed by atoms with Crippen LogP contribution in [0, 0.1) is 0 Å². The van der Waals surface area contributed by atoms with Crippen LogP contribution in [-0.2, 0) is 4.74 Å². The van der Waals surface area contributed by atoms with E-state index in [2.05, 4.69) is 5.32 Å². The fourth-order valence-corrected chi connectivity index (χ4v) is 1.46. The van der Waals surface area contributed by atoms with Crippen LogP contribution in [0.2, 0.25) is 0 Å². The van der Waals surface area contributed by atoms with Gasteiger partial charge in [0.25, 0.3) is 5.91 Å². The molecule has 6 nitrogen and oxygen atoms in total. The second-order valence-electron chi connectivity index (χ2n) is 3.57. The van der Waals surface area contributed by atoms with E-state index < -0.39 is 0 Å². The van der Waals surface area contributed by atoms with E-state index in [1.807, 2.05) is 0 Å². The summed E-state index contributed by atoms with van der Waals surface area (Å²) in [5.74, 6) is -0.0618. The van der Waals surface area contributed by atoms with Crippen LogP contribution in [-0.4, -0.2) is 43.1 Å². The predicted octanol–water partition coefficient (Wildman–Crippen LogP) is 0.460. The lowest BCUT2D eigenvalue weighted by Crippen LogP contribution is -2.33. The zero-order valence-corrected chi connectivity index (χ0v) is 8.80. The number of cyclic esters (lactones) is 1. The van der Waals surface area contributed by atoms with Gasteiger partial charge in [0.05, 0.1) is 19.4 Å². The average Bonchev–Trinajstić information content (AvgIpc) is 2.86. The van der Waals surface area contributed by atoms with Crippen molar-refractivity contribution in [2.75, 3.05) is 20.1 Å². The van der Waals surface area contributed by atoms with Crippen molar-refractivity contribution in [1.29, 1.82) is 0 Å². The smallest absolute Gasteiger partial charge is 0.410 e. The van der Waals surface area contributed by atoms with Crippen LogP contribution in [0.15, 0.2) is 22.8 Å². The van der Waals surface area contributed by atoms with Gasteiger partial charge in [-0.1, -0.05) is 0 Å². The van der Waals surface area contributed by atoms with E-state index in [-0.39, 0.29) is 30.4 Å². The monoisotopic (exact) mass is 224 g/mol. The quantitative estimate of drug-likeness (QED) is 0.809. The Labute approximate surface area is 92.2 Å². The number of rotatable bonds is 3. The molecule has 2 amide bonds. The van der Waals surface area contributed by atoms with Gasteiger partial charge in [0.2, 0.25) is 0 Å². The molecule has 6 heteroatoms. The van der Waals surface area contributed by atoms with E-state index in [1.54, 1.807) is 19.2 Å². The minimum Gasteiger partial charge on any atom is -0.459 e. The van der Waals surface area contributed by atoms with Crippen LogP contribution in [0.1, 0.15) is 10.6 Å². The Bertz CT molecular complexity index is 388. The molecule has 1 aromatic heterocycles. The summed E-state index contributed by atoms with van der Waals surface area (Å²) in [6, 6.07) is 3.21. The van der Waals surface area contributed by atoms with E-state index >= 15 is 0 Å². The number of carbonyl (C=O) groups excluding carboxylic acids is 2. The summed E-state index contributed by atoms with van der Waals surface area (Å²) in [7, 11) is 1.65. The van der Waals surface area contributed by atoms with Gasteiger partial charge in [0, 0.05) is 7.05 Å². The van der Waals surface area contributed by atoms with Crippen LogP contribution in [0.3, 0.4) is 0 Å². The van der Waals surface area contributed by atoms with Crippen LogP contribution in [0.5, 0.6) is 0 Å². The number of hydrogen-bond donors (Lipinski definition) is 1. The minimum atomic E-state index is -0.364. The van der Waals surface area contributed by atoms with Crippen molar-refractivity contribution in [3.8, 4) is 0 Å². The number of furan rings is 1. The van der Waals surface area contributed by atoms with Crippen LogP contribution >= 0.6 is 0 Å². The lowest BCUT2D eigenvalue weighted by Gasteiger charge is -2.08. The first-order chi connectivity index (χ1) is 7.66. The van der Waals surface area contributed by atoms with Gasteiger partial charge in [-0.15, -0.1) is 0 Å². The fourth-order valence-electron chi connectivity index (χ4n) is 1.46. The van der Waals surface area contributed by atoms with Crippen molar-refractivity contribution in [2.24, 2.45) is 0 Å². The Kier molecular flexibility index (Phi) is 2.80. The minimum absolute atomic E-state index is 0.248. The van der Waals surface area contributed by atoms with E-state index in [4.69, 9.17) is 9.15 Å². The summed E-state index contributed by atoms with van der Waals surface area (Å²) in [4.78, 5) is 24.0. The van der Waals surface area contributed by atoms with Crippen molar-refractivity contribution in [3.05, 3.63) is 24.2 Å². The summed E-state index contributed by atoms with van der Waals surface area (Å²) in [5, 5.41) is 2.63. The van der Waals surface area contributed by atoms with Gasteiger partial charge in [-0.3, -0.25) is 4.79 Å². The molecule has 1 aliphatic rings. The second kappa shape index (κ2) is 4.26. The van der Waals surface area contributed by atoms with Gasteiger partial charge in [0.1, 0.15) is 6.10 Å². The van der Waals surface area contributed by atoms with E-state index in [0.717, 1.165) is 0 Å². The number of nitrogens with one attached hydrogen (secondary N) is 1. The Hall–Kier alpha value is -1.98. The Morgan fingerprint density at radius 2 is 2.50 bits per heavy atom. The Morgan fingerprint density at radius 1 is 1.69 bits per heavy atom. The molecule has 1 N–H and O–H groups in total. The van der Waals surface area contributed by atoms with Crippen molar-refractivity contribution in [1.82, 2.24) is 10.2 Å². The van der Waals surface area contributed by atoms with Crippen molar-refractivity contribution < 1.29 is 18.7 Å². The number of hydrogen-bond acceptors (Lipinski definition) is 4. The van der Waals surface area contributed by atoms with Crippen LogP contribution in [0.4, 0.5) is 4.79 Å². The van der Waals surface area contributed by atoms with E-state index in [9.17, 15) is 9.59 Å². The average molecular weight is 224 g/mol. The zero-order valence-electron chi connectivity index (χ0n) is 8.80. The lowest BCUT2D eigenvalue weighted by molar-refractivity contribution is 0.0888. The number of likely N-dealkylation sites (N-methyl/N-ethyl adjacent to an activating group) is 1. The summed E-state index contributed by atoms with van der Waals surface area (Å²) >= 11 is 0. The molecule has 2 heterocycles. The van der Waals surface area contributed by atoms with Gasteiger partial charge in [-0.05, 0) is 12.1 Å². The summed E-state index contributed by atoms with van der Waals surface area (Å²) < 4.78 is 9.91.